The van der Waals surface area contributed by atoms with E-state index in [4.69, 9.17) is 12.2 Å². The Morgan fingerprint density at radius 2 is 1.64 bits per heavy atom. The number of benzene rings is 2. The SMILES string of the molecule is Cc1ccc(/C=C/C(=O)NC(=S)NNC(=O)c2ccccc2C)cc1. The van der Waals surface area contributed by atoms with Crippen molar-refractivity contribution in [2.75, 3.05) is 0 Å². The lowest BCUT2D eigenvalue weighted by molar-refractivity contribution is -0.115. The van der Waals surface area contributed by atoms with Crippen molar-refractivity contribution in [1.29, 1.82) is 0 Å². The molecule has 0 atom stereocenters. The molecule has 0 saturated carbocycles. The van der Waals surface area contributed by atoms with E-state index in [2.05, 4.69) is 16.2 Å². The molecular weight excluding hydrogens is 334 g/mol. The standard InChI is InChI=1S/C19H19N3O2S/c1-13-7-9-15(10-8-13)11-12-17(23)20-19(25)22-21-18(24)16-6-4-3-5-14(16)2/h3-12H,1-2H3,(H,21,24)(H2,20,22,23,25)/b12-11+. The molecule has 2 aromatic rings. The predicted octanol–water partition coefficient (Wildman–Crippen LogP) is 2.65. The van der Waals surface area contributed by atoms with Crippen LogP contribution in [0.2, 0.25) is 0 Å². The molecule has 0 aliphatic heterocycles. The maximum absolute atomic E-state index is 12.0. The van der Waals surface area contributed by atoms with E-state index in [0.29, 0.717) is 5.56 Å². The monoisotopic (exact) mass is 353 g/mol. The van der Waals surface area contributed by atoms with Crippen molar-refractivity contribution in [3.8, 4) is 0 Å². The molecule has 5 nitrogen and oxygen atoms in total. The van der Waals surface area contributed by atoms with Gasteiger partial charge in [0.05, 0.1) is 0 Å². The van der Waals surface area contributed by atoms with Gasteiger partial charge in [0.2, 0.25) is 5.91 Å². The maximum atomic E-state index is 12.0. The zero-order valence-corrected chi connectivity index (χ0v) is 14.8. The molecular formula is C19H19N3O2S. The Kier molecular flexibility index (Phi) is 6.42. The second-order valence-corrected chi connectivity index (χ2v) is 5.86. The number of aryl methyl sites for hydroxylation is 2. The van der Waals surface area contributed by atoms with Crippen LogP contribution in [0.5, 0.6) is 0 Å². The van der Waals surface area contributed by atoms with Crippen LogP contribution < -0.4 is 16.2 Å². The molecule has 0 saturated heterocycles. The van der Waals surface area contributed by atoms with Gasteiger partial charge in [-0.25, -0.2) is 0 Å². The first-order valence-corrected chi connectivity index (χ1v) is 8.08. The Hall–Kier alpha value is -2.99. The zero-order chi connectivity index (χ0) is 18.2. The predicted molar refractivity (Wildman–Crippen MR) is 103 cm³/mol. The Morgan fingerprint density at radius 1 is 0.960 bits per heavy atom. The number of hydrazine groups is 1. The molecule has 0 aliphatic rings. The van der Waals surface area contributed by atoms with E-state index in [0.717, 1.165) is 16.7 Å². The zero-order valence-electron chi connectivity index (χ0n) is 14.0. The van der Waals surface area contributed by atoms with Crippen molar-refractivity contribution in [3.05, 3.63) is 76.9 Å². The third-order valence-corrected chi connectivity index (χ3v) is 3.62. The van der Waals surface area contributed by atoms with E-state index in [1.54, 1.807) is 18.2 Å². The Bertz CT molecular complexity index is 814. The Labute approximate surface area is 152 Å². The molecule has 2 rings (SSSR count). The largest absolute Gasteiger partial charge is 0.298 e. The molecule has 2 amide bonds. The van der Waals surface area contributed by atoms with Crippen LogP contribution in [0.3, 0.4) is 0 Å². The van der Waals surface area contributed by atoms with Crippen LogP contribution >= 0.6 is 12.2 Å². The molecule has 0 heterocycles. The smallest absolute Gasteiger partial charge is 0.269 e. The molecule has 0 aliphatic carbocycles. The lowest BCUT2D eigenvalue weighted by Crippen LogP contribution is -2.48. The average Bonchev–Trinajstić information content (AvgIpc) is 2.59. The minimum absolute atomic E-state index is 0.0143. The van der Waals surface area contributed by atoms with Gasteiger partial charge >= 0.3 is 0 Å². The van der Waals surface area contributed by atoms with Crippen LogP contribution in [0.4, 0.5) is 0 Å². The van der Waals surface area contributed by atoms with Crippen LogP contribution in [-0.4, -0.2) is 16.9 Å². The van der Waals surface area contributed by atoms with Gasteiger partial charge in [0, 0.05) is 11.6 Å². The molecule has 25 heavy (non-hydrogen) atoms. The number of carbonyl (C=O) groups is 2. The molecule has 0 aromatic heterocycles. The number of hydrogen-bond donors (Lipinski definition) is 3. The minimum Gasteiger partial charge on any atom is -0.298 e. The van der Waals surface area contributed by atoms with Gasteiger partial charge < -0.3 is 0 Å². The summed E-state index contributed by atoms with van der Waals surface area (Å²) in [4.78, 5) is 23.9. The van der Waals surface area contributed by atoms with Crippen LogP contribution in [0.25, 0.3) is 6.08 Å². The summed E-state index contributed by atoms with van der Waals surface area (Å²) in [6.45, 7) is 3.83. The van der Waals surface area contributed by atoms with E-state index in [1.165, 1.54) is 6.08 Å². The highest BCUT2D eigenvalue weighted by molar-refractivity contribution is 7.80. The lowest BCUT2D eigenvalue weighted by atomic mass is 10.1. The van der Waals surface area contributed by atoms with Gasteiger partial charge in [-0.05, 0) is 49.3 Å². The number of amides is 2. The first kappa shape index (κ1) is 18.4. The fourth-order valence-corrected chi connectivity index (χ4v) is 2.19. The van der Waals surface area contributed by atoms with Crippen LogP contribution in [-0.2, 0) is 4.79 Å². The van der Waals surface area contributed by atoms with Crippen molar-refractivity contribution in [3.63, 3.8) is 0 Å². The molecule has 6 heteroatoms. The summed E-state index contributed by atoms with van der Waals surface area (Å²) >= 11 is 4.99. The van der Waals surface area contributed by atoms with Gasteiger partial charge in [0.25, 0.3) is 5.91 Å². The fraction of sp³-hybridized carbons (Fsp3) is 0.105. The number of nitrogens with one attached hydrogen (secondary N) is 3. The lowest BCUT2D eigenvalue weighted by Gasteiger charge is -2.10. The summed E-state index contributed by atoms with van der Waals surface area (Å²) in [7, 11) is 0. The topological polar surface area (TPSA) is 70.2 Å². The summed E-state index contributed by atoms with van der Waals surface area (Å²) in [5.41, 5.74) is 8.40. The first-order chi connectivity index (χ1) is 12.0. The minimum atomic E-state index is -0.386. The number of hydrogen-bond acceptors (Lipinski definition) is 3. The Morgan fingerprint density at radius 3 is 2.32 bits per heavy atom. The third-order valence-electron chi connectivity index (χ3n) is 3.42. The van der Waals surface area contributed by atoms with Crippen molar-refractivity contribution >= 4 is 35.2 Å². The maximum Gasteiger partial charge on any atom is 0.269 e. The van der Waals surface area contributed by atoms with Gasteiger partial charge in [-0.2, -0.15) is 0 Å². The van der Waals surface area contributed by atoms with E-state index < -0.39 is 0 Å². The molecule has 0 fully saturated rings. The van der Waals surface area contributed by atoms with Crippen LogP contribution in [0, 0.1) is 13.8 Å². The van der Waals surface area contributed by atoms with Crippen molar-refractivity contribution in [1.82, 2.24) is 16.2 Å². The van der Waals surface area contributed by atoms with Crippen molar-refractivity contribution in [2.45, 2.75) is 13.8 Å². The summed E-state index contributed by atoms with van der Waals surface area (Å²) in [6.07, 6.45) is 3.06. The molecule has 0 radical (unpaired) electrons. The van der Waals surface area contributed by atoms with E-state index in [9.17, 15) is 9.59 Å². The Balaban J connectivity index is 1.81. The van der Waals surface area contributed by atoms with Gasteiger partial charge in [0.1, 0.15) is 0 Å². The van der Waals surface area contributed by atoms with E-state index >= 15 is 0 Å². The van der Waals surface area contributed by atoms with Gasteiger partial charge in [-0.3, -0.25) is 25.8 Å². The molecule has 0 spiro atoms. The summed E-state index contributed by atoms with van der Waals surface area (Å²) in [5, 5.41) is 2.48. The van der Waals surface area contributed by atoms with E-state index in [1.807, 2.05) is 50.2 Å². The van der Waals surface area contributed by atoms with Crippen molar-refractivity contribution < 1.29 is 9.59 Å². The summed E-state index contributed by atoms with van der Waals surface area (Å²) < 4.78 is 0. The van der Waals surface area contributed by atoms with Gasteiger partial charge in [-0.1, -0.05) is 48.0 Å². The van der Waals surface area contributed by atoms with Crippen LogP contribution in [0.15, 0.2) is 54.6 Å². The quantitative estimate of drug-likeness (QED) is 0.451. The number of carbonyl (C=O) groups excluding carboxylic acids is 2. The van der Waals surface area contributed by atoms with Gasteiger partial charge in [-0.15, -0.1) is 0 Å². The molecule has 3 N–H and O–H groups in total. The van der Waals surface area contributed by atoms with E-state index in [-0.39, 0.29) is 16.9 Å². The normalized spacial score (nSPS) is 10.3. The average molecular weight is 353 g/mol. The fourth-order valence-electron chi connectivity index (χ4n) is 2.04. The molecule has 2 aromatic carbocycles. The van der Waals surface area contributed by atoms with Crippen molar-refractivity contribution in [2.24, 2.45) is 0 Å². The highest BCUT2D eigenvalue weighted by Crippen LogP contribution is 2.06. The second-order valence-electron chi connectivity index (χ2n) is 5.46. The highest BCUT2D eigenvalue weighted by atomic mass is 32.1. The molecule has 0 bridgehead atoms. The van der Waals surface area contributed by atoms with Crippen LogP contribution in [0.1, 0.15) is 27.0 Å². The molecule has 128 valence electrons. The number of thiocarbonyl (C=S) groups is 1. The highest BCUT2D eigenvalue weighted by Gasteiger charge is 2.08. The van der Waals surface area contributed by atoms with Gasteiger partial charge in [0.15, 0.2) is 5.11 Å². The third kappa shape index (κ3) is 5.86. The summed E-state index contributed by atoms with van der Waals surface area (Å²) in [6, 6.07) is 14.9. The second kappa shape index (κ2) is 8.75. The first-order valence-electron chi connectivity index (χ1n) is 7.67. The number of rotatable bonds is 3. The summed E-state index contributed by atoms with van der Waals surface area (Å²) in [5.74, 6) is -0.715. The molecule has 0 unspecified atom stereocenters.